The van der Waals surface area contributed by atoms with E-state index in [1.165, 1.54) is 16.9 Å². The Hall–Kier alpha value is -3.59. The molecule has 0 radical (unpaired) electrons. The molecule has 0 spiro atoms. The monoisotopic (exact) mass is 477 g/mol. The molecule has 0 aliphatic carbocycles. The average molecular weight is 478 g/mol. The molecule has 1 unspecified atom stereocenters. The summed E-state index contributed by atoms with van der Waals surface area (Å²) in [5.74, 6) is -0.540. The van der Waals surface area contributed by atoms with Gasteiger partial charge in [-0.1, -0.05) is 31.3 Å². The summed E-state index contributed by atoms with van der Waals surface area (Å²) < 4.78 is 0. The second-order valence-electron chi connectivity index (χ2n) is 8.79. The molecule has 176 valence electrons. The topological polar surface area (TPSA) is 104 Å². The molecule has 0 saturated carbocycles. The summed E-state index contributed by atoms with van der Waals surface area (Å²) in [7, 11) is 0. The van der Waals surface area contributed by atoms with Crippen molar-refractivity contribution >= 4 is 45.6 Å². The molecular weight excluding hydrogens is 450 g/mol. The smallest absolute Gasteiger partial charge is 0.257 e. The first kappa shape index (κ1) is 23.6. The van der Waals surface area contributed by atoms with Gasteiger partial charge in [-0.25, -0.2) is 0 Å². The Morgan fingerprint density at radius 2 is 1.76 bits per heavy atom. The largest absolute Gasteiger partial charge is 0.326 e. The SMILES string of the molecule is Cc1ccc(N2CC(c3nnc(NC(=O)c4ccc(NC(=O)C(C)C)cc4)s3)CC2=O)cc1C. The van der Waals surface area contributed by atoms with E-state index >= 15 is 0 Å². The number of nitrogens with zero attached hydrogens (tertiary/aromatic N) is 3. The number of hydrogen-bond acceptors (Lipinski definition) is 6. The van der Waals surface area contributed by atoms with Crippen molar-refractivity contribution in [2.24, 2.45) is 5.92 Å². The maximum atomic E-state index is 12.6. The Morgan fingerprint density at radius 3 is 2.44 bits per heavy atom. The van der Waals surface area contributed by atoms with Crippen LogP contribution in [-0.2, 0) is 9.59 Å². The fourth-order valence-corrected chi connectivity index (χ4v) is 4.46. The van der Waals surface area contributed by atoms with E-state index in [0.717, 1.165) is 16.3 Å². The Bertz CT molecular complexity index is 1240. The minimum Gasteiger partial charge on any atom is -0.326 e. The molecule has 1 fully saturated rings. The van der Waals surface area contributed by atoms with Gasteiger partial charge in [-0.2, -0.15) is 0 Å². The van der Waals surface area contributed by atoms with Crippen LogP contribution in [0.2, 0.25) is 0 Å². The van der Waals surface area contributed by atoms with Gasteiger partial charge in [0.25, 0.3) is 5.91 Å². The maximum absolute atomic E-state index is 12.6. The number of aryl methyl sites for hydroxylation is 2. The van der Waals surface area contributed by atoms with E-state index in [0.29, 0.717) is 29.3 Å². The molecule has 3 amide bonds. The number of carbonyl (C=O) groups is 3. The fraction of sp³-hybridized carbons (Fsp3) is 0.320. The molecule has 4 rings (SSSR count). The van der Waals surface area contributed by atoms with E-state index in [1.54, 1.807) is 29.2 Å². The van der Waals surface area contributed by atoms with Crippen LogP contribution in [0.15, 0.2) is 42.5 Å². The quantitative estimate of drug-likeness (QED) is 0.543. The molecule has 1 aliphatic rings. The van der Waals surface area contributed by atoms with Crippen molar-refractivity contribution in [1.82, 2.24) is 10.2 Å². The van der Waals surface area contributed by atoms with Gasteiger partial charge in [-0.3, -0.25) is 19.7 Å². The molecular formula is C25H27N5O3S. The molecule has 1 aromatic heterocycles. The number of carbonyl (C=O) groups excluding carboxylic acids is 3. The van der Waals surface area contributed by atoms with E-state index in [2.05, 4.69) is 20.8 Å². The van der Waals surface area contributed by atoms with Gasteiger partial charge in [0, 0.05) is 41.7 Å². The van der Waals surface area contributed by atoms with Crippen molar-refractivity contribution in [2.45, 2.75) is 40.0 Å². The number of aromatic nitrogens is 2. The predicted molar refractivity (Wildman–Crippen MR) is 133 cm³/mol. The number of rotatable bonds is 6. The second-order valence-corrected chi connectivity index (χ2v) is 9.80. The Balaban J connectivity index is 1.39. The Morgan fingerprint density at radius 1 is 1.03 bits per heavy atom. The third kappa shape index (κ3) is 5.14. The van der Waals surface area contributed by atoms with Gasteiger partial charge in [0.1, 0.15) is 5.01 Å². The van der Waals surface area contributed by atoms with Crippen molar-refractivity contribution in [3.63, 3.8) is 0 Å². The summed E-state index contributed by atoms with van der Waals surface area (Å²) >= 11 is 1.28. The van der Waals surface area contributed by atoms with Gasteiger partial charge in [0.15, 0.2) is 0 Å². The van der Waals surface area contributed by atoms with E-state index < -0.39 is 0 Å². The summed E-state index contributed by atoms with van der Waals surface area (Å²) in [4.78, 5) is 38.8. The van der Waals surface area contributed by atoms with E-state index in [4.69, 9.17) is 0 Å². The van der Waals surface area contributed by atoms with E-state index in [1.807, 2.05) is 45.9 Å². The summed E-state index contributed by atoms with van der Waals surface area (Å²) in [6, 6.07) is 12.7. The highest BCUT2D eigenvalue weighted by molar-refractivity contribution is 7.15. The summed E-state index contributed by atoms with van der Waals surface area (Å²) in [6.07, 6.45) is 0.360. The average Bonchev–Trinajstić information content (AvgIpc) is 3.42. The van der Waals surface area contributed by atoms with Gasteiger partial charge in [-0.15, -0.1) is 10.2 Å². The highest BCUT2D eigenvalue weighted by Gasteiger charge is 2.34. The molecule has 2 heterocycles. The molecule has 2 N–H and O–H groups in total. The first-order valence-electron chi connectivity index (χ1n) is 11.1. The molecule has 1 aliphatic heterocycles. The van der Waals surface area contributed by atoms with Crippen molar-refractivity contribution in [3.8, 4) is 0 Å². The van der Waals surface area contributed by atoms with Crippen molar-refractivity contribution in [2.75, 3.05) is 22.1 Å². The van der Waals surface area contributed by atoms with E-state index in [-0.39, 0.29) is 29.6 Å². The van der Waals surface area contributed by atoms with Crippen molar-refractivity contribution in [3.05, 3.63) is 64.2 Å². The molecule has 34 heavy (non-hydrogen) atoms. The zero-order valence-corrected chi connectivity index (χ0v) is 20.4. The van der Waals surface area contributed by atoms with Crippen LogP contribution < -0.4 is 15.5 Å². The summed E-state index contributed by atoms with van der Waals surface area (Å²) in [5.41, 5.74) is 4.29. The van der Waals surface area contributed by atoms with Gasteiger partial charge >= 0.3 is 0 Å². The first-order chi connectivity index (χ1) is 16.2. The lowest BCUT2D eigenvalue weighted by atomic mass is 10.1. The van der Waals surface area contributed by atoms with E-state index in [9.17, 15) is 14.4 Å². The Kier molecular flexibility index (Phi) is 6.74. The molecule has 1 atom stereocenters. The number of nitrogens with one attached hydrogen (secondary N) is 2. The Labute approximate surface area is 202 Å². The summed E-state index contributed by atoms with van der Waals surface area (Å²) in [6.45, 7) is 8.24. The van der Waals surface area contributed by atoms with Gasteiger partial charge in [0.2, 0.25) is 16.9 Å². The third-order valence-corrected chi connectivity index (χ3v) is 6.88. The molecule has 3 aromatic rings. The number of anilines is 3. The minimum absolute atomic E-state index is 0.0543. The highest BCUT2D eigenvalue weighted by Crippen LogP contribution is 2.34. The standard InChI is InChI=1S/C25H27N5O3S/c1-14(2)22(32)26-19-8-6-17(7-9-19)23(33)27-25-29-28-24(34-25)18-12-21(31)30(13-18)20-10-5-15(3)16(4)11-20/h5-11,14,18H,12-13H2,1-4H3,(H,26,32)(H,27,29,33). The molecule has 8 nitrogen and oxygen atoms in total. The van der Waals surface area contributed by atoms with Crippen LogP contribution in [0, 0.1) is 19.8 Å². The zero-order valence-electron chi connectivity index (χ0n) is 19.6. The molecule has 2 aromatic carbocycles. The minimum atomic E-state index is -0.316. The van der Waals surface area contributed by atoms with Gasteiger partial charge < -0.3 is 10.2 Å². The molecule has 1 saturated heterocycles. The number of benzene rings is 2. The van der Waals surface area contributed by atoms with Gasteiger partial charge in [0.05, 0.1) is 0 Å². The van der Waals surface area contributed by atoms with Crippen LogP contribution in [-0.4, -0.2) is 34.5 Å². The van der Waals surface area contributed by atoms with Crippen molar-refractivity contribution < 1.29 is 14.4 Å². The summed E-state index contributed by atoms with van der Waals surface area (Å²) in [5, 5.41) is 15.0. The normalized spacial score (nSPS) is 15.6. The van der Waals surface area contributed by atoms with Crippen LogP contribution in [0.5, 0.6) is 0 Å². The van der Waals surface area contributed by atoms with Crippen LogP contribution >= 0.6 is 11.3 Å². The van der Waals surface area contributed by atoms with Crippen molar-refractivity contribution in [1.29, 1.82) is 0 Å². The van der Waals surface area contributed by atoms with Gasteiger partial charge in [-0.05, 0) is 61.4 Å². The molecule has 0 bridgehead atoms. The highest BCUT2D eigenvalue weighted by atomic mass is 32.1. The lowest BCUT2D eigenvalue weighted by Gasteiger charge is -2.17. The number of amides is 3. The fourth-order valence-electron chi connectivity index (χ4n) is 3.63. The van der Waals surface area contributed by atoms with Crippen LogP contribution in [0.25, 0.3) is 0 Å². The maximum Gasteiger partial charge on any atom is 0.257 e. The lowest BCUT2D eigenvalue weighted by molar-refractivity contribution is -0.119. The first-order valence-corrected chi connectivity index (χ1v) is 12.0. The molecule has 9 heteroatoms. The third-order valence-electron chi connectivity index (χ3n) is 5.88. The zero-order chi connectivity index (χ0) is 24.4. The lowest BCUT2D eigenvalue weighted by Crippen LogP contribution is -2.24. The van der Waals surface area contributed by atoms with Crippen LogP contribution in [0.4, 0.5) is 16.5 Å². The predicted octanol–water partition coefficient (Wildman–Crippen LogP) is 4.52. The number of hydrogen-bond donors (Lipinski definition) is 2. The van der Waals surface area contributed by atoms with Crippen LogP contribution in [0.1, 0.15) is 52.7 Å². The second kappa shape index (κ2) is 9.72. The van der Waals surface area contributed by atoms with Crippen LogP contribution in [0.3, 0.4) is 0 Å².